The number of ether oxygens (including phenoxy) is 2. The summed E-state index contributed by atoms with van der Waals surface area (Å²) in [7, 11) is -2.04. The first-order valence-electron chi connectivity index (χ1n) is 8.54. The van der Waals surface area contributed by atoms with Gasteiger partial charge in [-0.15, -0.1) is 0 Å². The second kappa shape index (κ2) is 7.87. The minimum atomic E-state index is -3.47. The van der Waals surface area contributed by atoms with Crippen LogP contribution in [-0.2, 0) is 27.7 Å². The quantitative estimate of drug-likeness (QED) is 0.758. The number of amides is 1. The van der Waals surface area contributed by atoms with Gasteiger partial charge in [-0.25, -0.2) is 8.42 Å². The van der Waals surface area contributed by atoms with E-state index in [1.54, 1.807) is 12.1 Å². The largest absolute Gasteiger partial charge is 0.495 e. The van der Waals surface area contributed by atoms with Crippen molar-refractivity contribution in [3.8, 4) is 11.5 Å². The second-order valence-electron chi connectivity index (χ2n) is 6.41. The van der Waals surface area contributed by atoms with Crippen molar-refractivity contribution in [3.05, 3.63) is 47.5 Å². The Labute approximate surface area is 158 Å². The molecule has 0 unspecified atom stereocenters. The Morgan fingerprint density at radius 2 is 1.89 bits per heavy atom. The van der Waals surface area contributed by atoms with E-state index in [0.717, 1.165) is 25.5 Å². The van der Waals surface area contributed by atoms with Gasteiger partial charge in [0.2, 0.25) is 10.0 Å². The number of hydrogen-bond acceptors (Lipinski definition) is 5. The molecule has 0 fully saturated rings. The summed E-state index contributed by atoms with van der Waals surface area (Å²) >= 11 is 0. The number of benzene rings is 2. The van der Waals surface area contributed by atoms with E-state index in [4.69, 9.17) is 9.47 Å². The lowest BCUT2D eigenvalue weighted by atomic mass is 10.1. The van der Waals surface area contributed by atoms with Gasteiger partial charge in [0.1, 0.15) is 11.5 Å². The number of aryl methyl sites for hydroxylation is 2. The Bertz CT molecular complexity index is 957. The molecule has 0 spiro atoms. The molecule has 8 heteroatoms. The van der Waals surface area contributed by atoms with Crippen LogP contribution in [0.3, 0.4) is 0 Å². The highest BCUT2D eigenvalue weighted by atomic mass is 32.2. The van der Waals surface area contributed by atoms with Crippen molar-refractivity contribution in [3.63, 3.8) is 0 Å². The predicted molar refractivity (Wildman–Crippen MR) is 104 cm³/mol. The van der Waals surface area contributed by atoms with Crippen molar-refractivity contribution in [2.24, 2.45) is 0 Å². The van der Waals surface area contributed by atoms with E-state index in [-0.39, 0.29) is 18.2 Å². The third-order valence-corrected chi connectivity index (χ3v) is 4.81. The Morgan fingerprint density at radius 3 is 2.63 bits per heavy atom. The first-order valence-corrected chi connectivity index (χ1v) is 10.4. The van der Waals surface area contributed by atoms with Crippen molar-refractivity contribution in [2.75, 3.05) is 30.0 Å². The fourth-order valence-corrected chi connectivity index (χ4v) is 3.61. The van der Waals surface area contributed by atoms with Gasteiger partial charge >= 0.3 is 0 Å². The smallest absolute Gasteiger partial charge is 0.262 e. The molecule has 2 aromatic rings. The zero-order chi connectivity index (χ0) is 19.4. The lowest BCUT2D eigenvalue weighted by Crippen LogP contribution is -2.20. The summed E-state index contributed by atoms with van der Waals surface area (Å²) in [6, 6.07) is 10.6. The van der Waals surface area contributed by atoms with E-state index >= 15 is 0 Å². The maximum atomic E-state index is 12.2. The summed E-state index contributed by atoms with van der Waals surface area (Å²) in [5.41, 5.74) is 3.30. The van der Waals surface area contributed by atoms with Crippen molar-refractivity contribution >= 4 is 27.3 Å². The molecule has 27 heavy (non-hydrogen) atoms. The number of sulfonamides is 1. The summed E-state index contributed by atoms with van der Waals surface area (Å²) in [6.07, 6.45) is 4.33. The number of carbonyl (C=O) groups excluding carboxylic acids is 1. The molecule has 0 radical (unpaired) electrons. The van der Waals surface area contributed by atoms with Gasteiger partial charge in [-0.1, -0.05) is 6.07 Å². The van der Waals surface area contributed by atoms with E-state index in [2.05, 4.69) is 10.0 Å². The molecule has 0 bridgehead atoms. The molecule has 3 rings (SSSR count). The Balaban J connectivity index is 1.62. The number of methoxy groups -OCH3 is 1. The molecule has 0 saturated heterocycles. The predicted octanol–water partition coefficient (Wildman–Crippen LogP) is 2.57. The van der Waals surface area contributed by atoms with Crippen LogP contribution in [0, 0.1) is 0 Å². The lowest BCUT2D eigenvalue weighted by molar-refractivity contribution is -0.118. The number of rotatable bonds is 7. The molecule has 0 heterocycles. The van der Waals surface area contributed by atoms with Crippen molar-refractivity contribution < 1.29 is 22.7 Å². The third kappa shape index (κ3) is 5.13. The standard InChI is InChI=1S/C19H22N2O5S/c1-25-18-9-7-15(11-17(18)21-27(2,23)24)20-19(22)12-26-16-8-6-13-4-3-5-14(13)10-16/h6-11,21H,3-5,12H2,1-2H3,(H,20,22). The first kappa shape index (κ1) is 19.0. The van der Waals surface area contributed by atoms with Crippen molar-refractivity contribution in [2.45, 2.75) is 19.3 Å². The van der Waals surface area contributed by atoms with Crippen LogP contribution in [0.5, 0.6) is 11.5 Å². The van der Waals surface area contributed by atoms with E-state index in [1.807, 2.05) is 18.2 Å². The van der Waals surface area contributed by atoms with Crippen LogP contribution >= 0.6 is 0 Å². The van der Waals surface area contributed by atoms with Crippen LogP contribution in [0.2, 0.25) is 0 Å². The van der Waals surface area contributed by atoms with Gasteiger partial charge < -0.3 is 14.8 Å². The van der Waals surface area contributed by atoms with Gasteiger partial charge in [0.15, 0.2) is 6.61 Å². The van der Waals surface area contributed by atoms with Gasteiger partial charge in [0, 0.05) is 5.69 Å². The summed E-state index contributed by atoms with van der Waals surface area (Å²) in [6.45, 7) is -0.139. The second-order valence-corrected chi connectivity index (χ2v) is 8.16. The van der Waals surface area contributed by atoms with Crippen LogP contribution in [0.1, 0.15) is 17.5 Å². The third-order valence-electron chi connectivity index (χ3n) is 4.22. The van der Waals surface area contributed by atoms with Crippen molar-refractivity contribution in [1.82, 2.24) is 0 Å². The number of carbonyl (C=O) groups is 1. The number of hydrogen-bond donors (Lipinski definition) is 2. The molecule has 2 N–H and O–H groups in total. The molecule has 0 atom stereocenters. The molecular formula is C19H22N2O5S. The zero-order valence-corrected chi connectivity index (χ0v) is 16.1. The van der Waals surface area contributed by atoms with Crippen LogP contribution < -0.4 is 19.5 Å². The van der Waals surface area contributed by atoms with E-state index in [1.165, 1.54) is 24.3 Å². The van der Waals surface area contributed by atoms with Crippen LogP contribution in [0.25, 0.3) is 0 Å². The SMILES string of the molecule is COc1ccc(NC(=O)COc2ccc3c(c2)CCC3)cc1NS(C)(=O)=O. The minimum Gasteiger partial charge on any atom is -0.495 e. The summed E-state index contributed by atoms with van der Waals surface area (Å²) in [5, 5.41) is 2.69. The summed E-state index contributed by atoms with van der Waals surface area (Å²) < 4.78 is 36.0. The molecule has 1 aliphatic carbocycles. The molecule has 1 amide bonds. The maximum Gasteiger partial charge on any atom is 0.262 e. The fraction of sp³-hybridized carbons (Fsp3) is 0.316. The highest BCUT2D eigenvalue weighted by Gasteiger charge is 2.13. The Hall–Kier alpha value is -2.74. The van der Waals surface area contributed by atoms with Crippen molar-refractivity contribution in [1.29, 1.82) is 0 Å². The number of nitrogens with one attached hydrogen (secondary N) is 2. The molecular weight excluding hydrogens is 368 g/mol. The van der Waals surface area contributed by atoms with Crippen LogP contribution in [0.15, 0.2) is 36.4 Å². The average molecular weight is 390 g/mol. The molecule has 1 aliphatic rings. The summed E-state index contributed by atoms with van der Waals surface area (Å²) in [5.74, 6) is 0.679. The van der Waals surface area contributed by atoms with Gasteiger partial charge in [0.05, 0.1) is 19.1 Å². The molecule has 0 aliphatic heterocycles. The Morgan fingerprint density at radius 1 is 1.11 bits per heavy atom. The zero-order valence-electron chi connectivity index (χ0n) is 15.2. The minimum absolute atomic E-state index is 0.139. The lowest BCUT2D eigenvalue weighted by Gasteiger charge is -2.13. The molecule has 7 nitrogen and oxygen atoms in total. The molecule has 2 aromatic carbocycles. The fourth-order valence-electron chi connectivity index (χ4n) is 3.05. The molecule has 0 aromatic heterocycles. The molecule has 144 valence electrons. The van der Waals surface area contributed by atoms with E-state index < -0.39 is 10.0 Å². The van der Waals surface area contributed by atoms with Gasteiger partial charge in [-0.2, -0.15) is 0 Å². The number of anilines is 2. The van der Waals surface area contributed by atoms with Gasteiger partial charge in [-0.3, -0.25) is 9.52 Å². The average Bonchev–Trinajstić information content (AvgIpc) is 3.06. The highest BCUT2D eigenvalue weighted by Crippen LogP contribution is 2.29. The van der Waals surface area contributed by atoms with E-state index in [0.29, 0.717) is 17.2 Å². The van der Waals surface area contributed by atoms with Gasteiger partial charge in [-0.05, 0) is 60.7 Å². The normalized spacial score (nSPS) is 13.0. The summed E-state index contributed by atoms with van der Waals surface area (Å²) in [4.78, 5) is 12.2. The maximum absolute atomic E-state index is 12.2. The topological polar surface area (TPSA) is 93.7 Å². The van der Waals surface area contributed by atoms with Crippen LogP contribution in [-0.4, -0.2) is 34.3 Å². The molecule has 0 saturated carbocycles. The van der Waals surface area contributed by atoms with E-state index in [9.17, 15) is 13.2 Å². The van der Waals surface area contributed by atoms with Gasteiger partial charge in [0.25, 0.3) is 5.91 Å². The highest BCUT2D eigenvalue weighted by molar-refractivity contribution is 7.92. The first-order chi connectivity index (χ1) is 12.8. The number of fused-ring (bicyclic) bond motifs is 1. The van der Waals surface area contributed by atoms with Crippen LogP contribution in [0.4, 0.5) is 11.4 Å². The Kier molecular flexibility index (Phi) is 5.55. The monoisotopic (exact) mass is 390 g/mol.